The van der Waals surface area contributed by atoms with Crippen molar-refractivity contribution in [2.75, 3.05) is 11.4 Å². The Hall–Kier alpha value is -2.47. The van der Waals surface area contributed by atoms with Crippen molar-refractivity contribution in [2.24, 2.45) is 5.92 Å². The third kappa shape index (κ3) is 5.55. The van der Waals surface area contributed by atoms with E-state index in [2.05, 4.69) is 5.32 Å². The molecule has 0 unspecified atom stereocenters. The van der Waals surface area contributed by atoms with Crippen LogP contribution in [0.5, 0.6) is 0 Å². The number of amides is 2. The number of thioether (sulfide) groups is 1. The molecule has 0 aromatic heterocycles. The predicted molar refractivity (Wildman–Crippen MR) is 136 cm³/mol. The number of nitrogens with zero attached hydrogens (tertiary/aromatic N) is 1. The van der Waals surface area contributed by atoms with Gasteiger partial charge in [0, 0.05) is 21.5 Å². The molecule has 2 amide bonds. The van der Waals surface area contributed by atoms with E-state index in [9.17, 15) is 9.59 Å². The Morgan fingerprint density at radius 2 is 1.73 bits per heavy atom. The molecule has 1 N–H and O–H groups in total. The van der Waals surface area contributed by atoms with Crippen LogP contribution in [0, 0.1) is 5.92 Å². The van der Waals surface area contributed by atoms with Gasteiger partial charge in [-0.25, -0.2) is 0 Å². The van der Waals surface area contributed by atoms with E-state index in [0.717, 1.165) is 21.7 Å². The van der Waals surface area contributed by atoms with Crippen molar-refractivity contribution >= 4 is 52.5 Å². The second-order valence-corrected chi connectivity index (χ2v) is 10.0. The topological polar surface area (TPSA) is 49.4 Å². The maximum Gasteiger partial charge on any atom is 0.241 e. The van der Waals surface area contributed by atoms with Gasteiger partial charge in [0.15, 0.2) is 0 Å². The van der Waals surface area contributed by atoms with Crippen molar-refractivity contribution in [1.29, 1.82) is 0 Å². The van der Waals surface area contributed by atoms with E-state index in [0.29, 0.717) is 29.6 Å². The number of hydrogen-bond acceptors (Lipinski definition) is 3. The van der Waals surface area contributed by atoms with Crippen molar-refractivity contribution in [3.8, 4) is 0 Å². The zero-order valence-corrected chi connectivity index (χ0v) is 20.5. The first-order chi connectivity index (χ1) is 15.9. The number of halogens is 2. The number of fused-ring (bicyclic) bond motifs is 1. The molecule has 1 aliphatic rings. The lowest BCUT2D eigenvalue weighted by molar-refractivity contribution is -0.128. The summed E-state index contributed by atoms with van der Waals surface area (Å²) in [7, 11) is 0. The summed E-state index contributed by atoms with van der Waals surface area (Å²) in [5, 5.41) is 3.77. The highest BCUT2D eigenvalue weighted by molar-refractivity contribution is 8.01. The third-order valence-electron chi connectivity index (χ3n) is 5.70. The monoisotopic (exact) mass is 498 g/mol. The first-order valence-electron chi connectivity index (χ1n) is 10.8. The summed E-state index contributed by atoms with van der Waals surface area (Å²) in [6, 6.07) is 22.9. The summed E-state index contributed by atoms with van der Waals surface area (Å²) in [6.45, 7) is 2.67. The molecule has 170 valence electrons. The van der Waals surface area contributed by atoms with Gasteiger partial charge in [-0.05, 0) is 47.9 Å². The van der Waals surface area contributed by atoms with Crippen molar-refractivity contribution in [3.63, 3.8) is 0 Å². The van der Waals surface area contributed by atoms with Crippen molar-refractivity contribution in [3.05, 3.63) is 94.0 Å². The Balaban J connectivity index is 1.47. The zero-order valence-electron chi connectivity index (χ0n) is 18.1. The van der Waals surface area contributed by atoms with E-state index in [4.69, 9.17) is 23.2 Å². The van der Waals surface area contributed by atoms with Crippen LogP contribution in [0.1, 0.15) is 18.1 Å². The van der Waals surface area contributed by atoms with Crippen LogP contribution in [0.4, 0.5) is 5.69 Å². The molecule has 3 aromatic rings. The minimum Gasteiger partial charge on any atom is -0.355 e. The fraction of sp³-hybridized carbons (Fsp3) is 0.231. The highest BCUT2D eigenvalue weighted by Gasteiger charge is 2.39. The molecule has 2 atom stereocenters. The maximum atomic E-state index is 13.5. The van der Waals surface area contributed by atoms with Crippen molar-refractivity contribution in [2.45, 2.75) is 30.0 Å². The summed E-state index contributed by atoms with van der Waals surface area (Å²) in [5.41, 5.74) is 2.81. The number of carbonyl (C=O) groups excluding carboxylic acids is 2. The number of carbonyl (C=O) groups is 2. The molecule has 0 bridgehead atoms. The van der Waals surface area contributed by atoms with Gasteiger partial charge in [0.05, 0.1) is 18.2 Å². The molecule has 3 aromatic carbocycles. The summed E-state index contributed by atoms with van der Waals surface area (Å²) < 4.78 is 0. The molecule has 33 heavy (non-hydrogen) atoms. The van der Waals surface area contributed by atoms with Gasteiger partial charge in [-0.2, -0.15) is 0 Å². The van der Waals surface area contributed by atoms with E-state index in [1.165, 1.54) is 11.8 Å². The van der Waals surface area contributed by atoms with E-state index < -0.39 is 11.2 Å². The number of hydrogen-bond donors (Lipinski definition) is 1. The van der Waals surface area contributed by atoms with Crippen LogP contribution in [0.25, 0.3) is 0 Å². The molecular formula is C26H24Cl2N2O2S. The van der Waals surface area contributed by atoms with E-state index in [-0.39, 0.29) is 11.8 Å². The lowest BCUT2D eigenvalue weighted by atomic mass is 10.0. The van der Waals surface area contributed by atoms with Crippen molar-refractivity contribution in [1.82, 2.24) is 5.32 Å². The normalized spacial score (nSPS) is 16.3. The summed E-state index contributed by atoms with van der Waals surface area (Å²) >= 11 is 13.8. The summed E-state index contributed by atoms with van der Waals surface area (Å²) in [5.74, 6) is -0.708. The minimum absolute atomic E-state index is 0.0843. The van der Waals surface area contributed by atoms with Gasteiger partial charge in [-0.1, -0.05) is 72.6 Å². The van der Waals surface area contributed by atoms with E-state index >= 15 is 0 Å². The predicted octanol–water partition coefficient (Wildman–Crippen LogP) is 6.00. The molecule has 7 heteroatoms. The number of benzene rings is 3. The fourth-order valence-electron chi connectivity index (χ4n) is 3.79. The van der Waals surface area contributed by atoms with Gasteiger partial charge in [0.25, 0.3) is 0 Å². The molecule has 0 radical (unpaired) electrons. The van der Waals surface area contributed by atoms with Gasteiger partial charge in [0.2, 0.25) is 11.8 Å². The number of anilines is 1. The van der Waals surface area contributed by atoms with Crippen LogP contribution in [-0.4, -0.2) is 23.6 Å². The van der Waals surface area contributed by atoms with Crippen LogP contribution < -0.4 is 10.2 Å². The van der Waals surface area contributed by atoms with Gasteiger partial charge in [0.1, 0.15) is 5.25 Å². The molecule has 0 saturated carbocycles. The number of nitrogens with one attached hydrogen (secondary N) is 1. The second-order valence-electron chi connectivity index (χ2n) is 7.98. The number of para-hydroxylation sites is 1. The molecule has 4 rings (SSSR count). The maximum absolute atomic E-state index is 13.5. The smallest absolute Gasteiger partial charge is 0.241 e. The van der Waals surface area contributed by atoms with Gasteiger partial charge in [-0.3, -0.25) is 9.59 Å². The molecule has 4 nitrogen and oxygen atoms in total. The van der Waals surface area contributed by atoms with Crippen LogP contribution in [0.3, 0.4) is 0 Å². The average Bonchev–Trinajstić information content (AvgIpc) is 2.82. The molecule has 1 aliphatic heterocycles. The van der Waals surface area contributed by atoms with Gasteiger partial charge >= 0.3 is 0 Å². The summed E-state index contributed by atoms with van der Waals surface area (Å²) in [4.78, 5) is 29.2. The van der Waals surface area contributed by atoms with Crippen LogP contribution in [0.15, 0.2) is 77.7 Å². The summed E-state index contributed by atoms with van der Waals surface area (Å²) in [6.07, 6.45) is 0.697. The van der Waals surface area contributed by atoms with Crippen LogP contribution in [-0.2, 0) is 22.6 Å². The lowest BCUT2D eigenvalue weighted by Gasteiger charge is -2.36. The Bertz CT molecular complexity index is 1150. The SMILES string of the molecule is C[C@H](C(=O)NCCc1ccc(Cl)cc1)[C@H]1Sc2ccccc2N(Cc2ccccc2Cl)C1=O. The molecule has 0 spiro atoms. The Kier molecular flexibility index (Phi) is 7.63. The molecule has 0 saturated heterocycles. The molecule has 0 aliphatic carbocycles. The first-order valence-corrected chi connectivity index (χ1v) is 12.4. The molecule has 1 heterocycles. The second kappa shape index (κ2) is 10.6. The van der Waals surface area contributed by atoms with Crippen molar-refractivity contribution < 1.29 is 9.59 Å². The standard InChI is InChI=1S/C26H24Cl2N2O2S/c1-17(25(31)29-15-14-18-10-12-20(27)13-11-18)24-26(32)30(16-19-6-2-3-7-21(19)28)22-8-4-5-9-23(22)33-24/h2-13,17,24H,14-16H2,1H3,(H,29,31)/t17-,24+/m0/s1. The minimum atomic E-state index is -0.516. The quantitative estimate of drug-likeness (QED) is 0.434. The fourth-order valence-corrected chi connectivity index (χ4v) is 5.40. The lowest BCUT2D eigenvalue weighted by Crippen LogP contribution is -2.47. The van der Waals surface area contributed by atoms with Crippen LogP contribution >= 0.6 is 35.0 Å². The van der Waals surface area contributed by atoms with Gasteiger partial charge in [-0.15, -0.1) is 11.8 Å². The molecule has 0 fully saturated rings. The van der Waals surface area contributed by atoms with E-state index in [1.54, 1.807) is 4.90 Å². The average molecular weight is 499 g/mol. The Morgan fingerprint density at radius 1 is 1.03 bits per heavy atom. The largest absolute Gasteiger partial charge is 0.355 e. The molecular weight excluding hydrogens is 475 g/mol. The first kappa shape index (κ1) is 23.7. The zero-order chi connectivity index (χ0) is 23.4. The van der Waals surface area contributed by atoms with E-state index in [1.807, 2.05) is 79.7 Å². The Morgan fingerprint density at radius 3 is 2.48 bits per heavy atom. The van der Waals surface area contributed by atoms with Crippen LogP contribution in [0.2, 0.25) is 10.0 Å². The highest BCUT2D eigenvalue weighted by atomic mass is 35.5. The third-order valence-corrected chi connectivity index (χ3v) is 7.78. The Labute approximate surface area is 208 Å². The van der Waals surface area contributed by atoms with Gasteiger partial charge < -0.3 is 10.2 Å². The number of rotatable bonds is 7. The highest BCUT2D eigenvalue weighted by Crippen LogP contribution is 2.42.